The van der Waals surface area contributed by atoms with E-state index in [1.807, 2.05) is 31.2 Å². The topological polar surface area (TPSA) is 66.6 Å². The van der Waals surface area contributed by atoms with Crippen LogP contribution in [0.5, 0.6) is 5.75 Å². The van der Waals surface area contributed by atoms with Crippen LogP contribution < -0.4 is 4.74 Å². The summed E-state index contributed by atoms with van der Waals surface area (Å²) in [5, 5.41) is 4.06. The summed E-state index contributed by atoms with van der Waals surface area (Å²) in [5.74, 6) is 2.23. The second-order valence-corrected chi connectivity index (χ2v) is 5.09. The largest absolute Gasteiger partial charge is 0.491 e. The van der Waals surface area contributed by atoms with Crippen LogP contribution in [0.25, 0.3) is 11.5 Å². The second kappa shape index (κ2) is 7.38. The van der Waals surface area contributed by atoms with E-state index in [1.165, 1.54) is 0 Å². The number of benzene rings is 1. The van der Waals surface area contributed by atoms with Crippen molar-refractivity contribution in [1.29, 1.82) is 0 Å². The first-order chi connectivity index (χ1) is 10.9. The quantitative estimate of drug-likeness (QED) is 0.733. The summed E-state index contributed by atoms with van der Waals surface area (Å²) >= 11 is 0. The van der Waals surface area contributed by atoms with Gasteiger partial charge in [0.2, 0.25) is 0 Å². The van der Waals surface area contributed by atoms with Gasteiger partial charge in [0.05, 0.1) is 13.2 Å². The first-order valence-corrected chi connectivity index (χ1v) is 7.59. The van der Waals surface area contributed by atoms with Crippen LogP contribution in [0.1, 0.15) is 25.1 Å². The van der Waals surface area contributed by atoms with E-state index in [9.17, 15) is 0 Å². The molecule has 0 aliphatic carbocycles. The van der Waals surface area contributed by atoms with E-state index < -0.39 is 0 Å². The molecule has 0 saturated carbocycles. The molecule has 1 aromatic carbocycles. The van der Waals surface area contributed by atoms with Crippen molar-refractivity contribution in [2.45, 2.75) is 19.3 Å². The third kappa shape index (κ3) is 3.64. The van der Waals surface area contributed by atoms with E-state index >= 15 is 0 Å². The van der Waals surface area contributed by atoms with Crippen molar-refractivity contribution >= 4 is 0 Å². The Bertz CT molecular complexity index is 593. The number of aromatic nitrogens is 2. The molecule has 6 heteroatoms. The molecule has 0 spiro atoms. The molecule has 6 nitrogen and oxygen atoms in total. The number of hydrogen-bond donors (Lipinski definition) is 0. The highest BCUT2D eigenvalue weighted by Gasteiger charge is 2.23. The van der Waals surface area contributed by atoms with E-state index in [2.05, 4.69) is 10.1 Å². The summed E-state index contributed by atoms with van der Waals surface area (Å²) < 4.78 is 21.6. The molecule has 1 atom stereocenters. The molecule has 1 saturated heterocycles. The van der Waals surface area contributed by atoms with Crippen molar-refractivity contribution in [1.82, 2.24) is 10.1 Å². The van der Waals surface area contributed by atoms with Crippen LogP contribution in [0.4, 0.5) is 0 Å². The van der Waals surface area contributed by atoms with Crippen LogP contribution in [0, 0.1) is 0 Å². The van der Waals surface area contributed by atoms with E-state index in [-0.39, 0.29) is 5.92 Å². The standard InChI is InChI=1S/C16H20N2O4/c1-2-19-8-9-21-14-5-3-4-12(10-14)16-17-15(18-22-16)13-6-7-20-11-13/h3-5,10,13H,2,6-9,11H2,1H3/t13-/m0/s1. The molecule has 2 aromatic rings. The highest BCUT2D eigenvalue weighted by Crippen LogP contribution is 2.27. The number of hydrogen-bond acceptors (Lipinski definition) is 6. The van der Waals surface area contributed by atoms with E-state index in [0.29, 0.717) is 32.3 Å². The van der Waals surface area contributed by atoms with E-state index in [0.717, 1.165) is 30.2 Å². The third-order valence-corrected chi connectivity index (χ3v) is 3.52. The predicted molar refractivity (Wildman–Crippen MR) is 79.9 cm³/mol. The molecule has 1 aromatic heterocycles. The maximum atomic E-state index is 5.64. The summed E-state index contributed by atoms with van der Waals surface area (Å²) in [6.45, 7) is 5.18. The average molecular weight is 304 g/mol. The molecular formula is C16H20N2O4. The smallest absolute Gasteiger partial charge is 0.258 e. The Morgan fingerprint density at radius 2 is 2.27 bits per heavy atom. The van der Waals surface area contributed by atoms with Gasteiger partial charge in [-0.05, 0) is 31.5 Å². The molecule has 22 heavy (non-hydrogen) atoms. The Labute approximate surface area is 129 Å². The van der Waals surface area contributed by atoms with Gasteiger partial charge in [0.25, 0.3) is 5.89 Å². The molecule has 1 fully saturated rings. The maximum Gasteiger partial charge on any atom is 0.258 e. The van der Waals surface area contributed by atoms with Crippen LogP contribution in [-0.2, 0) is 9.47 Å². The number of rotatable bonds is 7. The Morgan fingerprint density at radius 3 is 3.09 bits per heavy atom. The van der Waals surface area contributed by atoms with Crippen molar-refractivity contribution < 1.29 is 18.7 Å². The summed E-state index contributed by atoms with van der Waals surface area (Å²) in [4.78, 5) is 4.48. The lowest BCUT2D eigenvalue weighted by atomic mass is 10.1. The van der Waals surface area contributed by atoms with Crippen LogP contribution in [0.2, 0.25) is 0 Å². The second-order valence-electron chi connectivity index (χ2n) is 5.09. The van der Waals surface area contributed by atoms with Gasteiger partial charge in [-0.25, -0.2) is 0 Å². The minimum Gasteiger partial charge on any atom is -0.491 e. The molecule has 0 amide bonds. The fourth-order valence-electron chi connectivity index (χ4n) is 2.34. The van der Waals surface area contributed by atoms with E-state index in [4.69, 9.17) is 18.7 Å². The Kier molecular flexibility index (Phi) is 5.03. The first-order valence-electron chi connectivity index (χ1n) is 7.59. The van der Waals surface area contributed by atoms with Crippen molar-refractivity contribution in [3.63, 3.8) is 0 Å². The molecular weight excluding hydrogens is 284 g/mol. The van der Waals surface area contributed by atoms with Crippen molar-refractivity contribution in [3.8, 4) is 17.2 Å². The zero-order valence-corrected chi connectivity index (χ0v) is 12.7. The minimum absolute atomic E-state index is 0.239. The molecule has 2 heterocycles. The Balaban J connectivity index is 1.66. The Hall–Kier alpha value is -1.92. The molecule has 0 unspecified atom stereocenters. The van der Waals surface area contributed by atoms with Gasteiger partial charge in [-0.1, -0.05) is 11.2 Å². The molecule has 0 bridgehead atoms. The first kappa shape index (κ1) is 15.0. The molecule has 1 aliphatic heterocycles. The fourth-order valence-corrected chi connectivity index (χ4v) is 2.34. The fraction of sp³-hybridized carbons (Fsp3) is 0.500. The molecule has 0 N–H and O–H groups in total. The highest BCUT2D eigenvalue weighted by molar-refractivity contribution is 5.55. The van der Waals surface area contributed by atoms with Gasteiger partial charge >= 0.3 is 0 Å². The van der Waals surface area contributed by atoms with Crippen LogP contribution in [0.15, 0.2) is 28.8 Å². The van der Waals surface area contributed by atoms with Crippen LogP contribution >= 0.6 is 0 Å². The zero-order chi connectivity index (χ0) is 15.2. The van der Waals surface area contributed by atoms with Crippen LogP contribution in [-0.4, -0.2) is 43.2 Å². The van der Waals surface area contributed by atoms with Crippen molar-refractivity contribution in [2.24, 2.45) is 0 Å². The van der Waals surface area contributed by atoms with Gasteiger partial charge in [-0.15, -0.1) is 0 Å². The van der Waals surface area contributed by atoms with Gasteiger partial charge in [-0.2, -0.15) is 4.98 Å². The maximum absolute atomic E-state index is 5.64. The molecule has 3 rings (SSSR count). The van der Waals surface area contributed by atoms with Gasteiger partial charge in [0.1, 0.15) is 12.4 Å². The normalized spacial score (nSPS) is 17.8. The zero-order valence-electron chi connectivity index (χ0n) is 12.7. The van der Waals surface area contributed by atoms with Gasteiger partial charge < -0.3 is 18.7 Å². The van der Waals surface area contributed by atoms with Gasteiger partial charge in [0.15, 0.2) is 5.82 Å². The molecule has 118 valence electrons. The monoisotopic (exact) mass is 304 g/mol. The lowest BCUT2D eigenvalue weighted by molar-refractivity contribution is 0.110. The number of nitrogens with zero attached hydrogens (tertiary/aromatic N) is 2. The minimum atomic E-state index is 0.239. The summed E-state index contributed by atoms with van der Waals surface area (Å²) in [5.41, 5.74) is 0.853. The van der Waals surface area contributed by atoms with Gasteiger partial charge in [-0.3, -0.25) is 0 Å². The lowest BCUT2D eigenvalue weighted by Crippen LogP contribution is -2.06. The highest BCUT2D eigenvalue weighted by atomic mass is 16.5. The SMILES string of the molecule is CCOCCOc1cccc(-c2nc([C@H]3CCOC3)no2)c1. The van der Waals surface area contributed by atoms with Crippen molar-refractivity contribution in [3.05, 3.63) is 30.1 Å². The van der Waals surface area contributed by atoms with Crippen LogP contribution in [0.3, 0.4) is 0 Å². The third-order valence-electron chi connectivity index (χ3n) is 3.52. The summed E-state index contributed by atoms with van der Waals surface area (Å²) in [6.07, 6.45) is 0.944. The number of ether oxygens (including phenoxy) is 3. The molecule has 0 radical (unpaired) electrons. The van der Waals surface area contributed by atoms with E-state index in [1.54, 1.807) is 0 Å². The Morgan fingerprint density at radius 1 is 1.32 bits per heavy atom. The summed E-state index contributed by atoms with van der Waals surface area (Å²) in [6, 6.07) is 7.64. The lowest BCUT2D eigenvalue weighted by Gasteiger charge is -2.06. The average Bonchev–Trinajstić information content (AvgIpc) is 3.22. The van der Waals surface area contributed by atoms with Crippen molar-refractivity contribution in [2.75, 3.05) is 33.0 Å². The molecule has 1 aliphatic rings. The summed E-state index contributed by atoms with van der Waals surface area (Å²) in [7, 11) is 0. The predicted octanol–water partition coefficient (Wildman–Crippen LogP) is 2.66. The van der Waals surface area contributed by atoms with Gasteiger partial charge in [0, 0.05) is 24.7 Å².